The third-order valence-electron chi connectivity index (χ3n) is 7.63. The van der Waals surface area contributed by atoms with Gasteiger partial charge in [0.2, 0.25) is 5.91 Å². The van der Waals surface area contributed by atoms with Crippen LogP contribution in [-0.2, 0) is 11.3 Å². The minimum absolute atomic E-state index is 0.0540. The summed E-state index contributed by atoms with van der Waals surface area (Å²) in [7, 11) is 0. The van der Waals surface area contributed by atoms with E-state index in [1.807, 2.05) is 17.3 Å². The Hall–Kier alpha value is -2.44. The van der Waals surface area contributed by atoms with E-state index in [2.05, 4.69) is 40.2 Å². The molecule has 7 heteroatoms. The molecule has 0 unspecified atom stereocenters. The number of nitrogens with zero attached hydrogens (tertiary/aromatic N) is 5. The van der Waals surface area contributed by atoms with Gasteiger partial charge < -0.3 is 14.4 Å². The summed E-state index contributed by atoms with van der Waals surface area (Å²) >= 11 is 0. The number of hydrogen-bond acceptors (Lipinski definition) is 4. The van der Waals surface area contributed by atoms with E-state index in [0.717, 1.165) is 62.9 Å². The van der Waals surface area contributed by atoms with Crippen molar-refractivity contribution in [1.29, 1.82) is 0 Å². The van der Waals surface area contributed by atoms with Gasteiger partial charge in [-0.05, 0) is 49.5 Å². The molecule has 3 aliphatic heterocycles. The number of hydrogen-bond donors (Lipinski definition) is 0. The fourth-order valence-corrected chi connectivity index (χ4v) is 6.38. The smallest absolute Gasteiger partial charge is 0.255 e. The van der Waals surface area contributed by atoms with Crippen molar-refractivity contribution in [1.82, 2.24) is 24.3 Å². The molecule has 5 rings (SSSR count). The Balaban J connectivity index is 1.39. The number of carbonyl (C=O) groups is 2. The summed E-state index contributed by atoms with van der Waals surface area (Å²) in [6.07, 6.45) is 9.51. The van der Waals surface area contributed by atoms with Gasteiger partial charge in [0.15, 0.2) is 5.65 Å². The molecule has 0 radical (unpaired) electrons. The maximum absolute atomic E-state index is 13.5. The highest BCUT2D eigenvalue weighted by molar-refractivity contribution is 5.96. The normalized spacial score (nSPS) is 27.8. The quantitative estimate of drug-likeness (QED) is 0.715. The Morgan fingerprint density at radius 1 is 1.22 bits per heavy atom. The average Bonchev–Trinajstić information content (AvgIpc) is 3.17. The number of aromatic nitrogens is 3. The lowest BCUT2D eigenvalue weighted by Gasteiger charge is -2.56. The molecule has 2 aromatic heterocycles. The van der Waals surface area contributed by atoms with Crippen LogP contribution in [-0.4, -0.2) is 61.3 Å². The number of rotatable bonds is 5. The number of amides is 2. The molecule has 2 aromatic rings. The van der Waals surface area contributed by atoms with Crippen LogP contribution in [0.2, 0.25) is 0 Å². The van der Waals surface area contributed by atoms with Gasteiger partial charge in [-0.1, -0.05) is 27.2 Å². The van der Waals surface area contributed by atoms with Crippen LogP contribution in [0.3, 0.4) is 0 Å². The minimum Gasteiger partial charge on any atom is -0.338 e. The van der Waals surface area contributed by atoms with Crippen LogP contribution in [0.15, 0.2) is 18.6 Å². The first-order chi connectivity index (χ1) is 15.5. The molecule has 4 atom stereocenters. The summed E-state index contributed by atoms with van der Waals surface area (Å²) in [5, 5.41) is 0. The van der Waals surface area contributed by atoms with Crippen molar-refractivity contribution in [2.24, 2.45) is 17.8 Å². The van der Waals surface area contributed by atoms with Crippen molar-refractivity contribution in [3.8, 4) is 0 Å². The van der Waals surface area contributed by atoms with Gasteiger partial charge >= 0.3 is 0 Å². The number of pyridine rings is 1. The van der Waals surface area contributed by atoms with Crippen molar-refractivity contribution in [3.05, 3.63) is 24.2 Å². The zero-order chi connectivity index (χ0) is 22.4. The second-order valence-corrected chi connectivity index (χ2v) is 10.4. The van der Waals surface area contributed by atoms with Crippen LogP contribution < -0.4 is 0 Å². The van der Waals surface area contributed by atoms with Gasteiger partial charge in [-0.15, -0.1) is 0 Å². The van der Waals surface area contributed by atoms with Crippen LogP contribution >= 0.6 is 0 Å². The van der Waals surface area contributed by atoms with Crippen LogP contribution in [0.5, 0.6) is 0 Å². The Labute approximate surface area is 190 Å². The molecule has 3 saturated heterocycles. The highest BCUT2D eigenvalue weighted by Crippen LogP contribution is 2.43. The predicted molar refractivity (Wildman–Crippen MR) is 123 cm³/mol. The minimum atomic E-state index is 0.0540. The molecule has 32 heavy (non-hydrogen) atoms. The van der Waals surface area contributed by atoms with E-state index >= 15 is 0 Å². The van der Waals surface area contributed by atoms with Crippen LogP contribution in [0.1, 0.15) is 69.7 Å². The molecule has 0 saturated carbocycles. The number of imidazole rings is 1. The molecular weight excluding hydrogens is 402 g/mol. The largest absolute Gasteiger partial charge is 0.338 e. The molecule has 172 valence electrons. The van der Waals surface area contributed by atoms with Gasteiger partial charge in [-0.3, -0.25) is 9.59 Å². The monoisotopic (exact) mass is 437 g/mol. The third-order valence-corrected chi connectivity index (χ3v) is 7.63. The van der Waals surface area contributed by atoms with Gasteiger partial charge in [0.1, 0.15) is 5.52 Å². The zero-order valence-electron chi connectivity index (χ0n) is 19.5. The summed E-state index contributed by atoms with van der Waals surface area (Å²) in [6, 6.07) is 2.47. The molecule has 0 N–H and O–H groups in total. The Morgan fingerprint density at radius 2 is 2.03 bits per heavy atom. The maximum Gasteiger partial charge on any atom is 0.255 e. The summed E-state index contributed by atoms with van der Waals surface area (Å²) < 4.78 is 2.06. The van der Waals surface area contributed by atoms with E-state index in [4.69, 9.17) is 0 Å². The highest BCUT2D eigenvalue weighted by atomic mass is 16.2. The van der Waals surface area contributed by atoms with Crippen molar-refractivity contribution in [2.75, 3.05) is 13.1 Å². The van der Waals surface area contributed by atoms with E-state index < -0.39 is 0 Å². The first-order valence-corrected chi connectivity index (χ1v) is 12.4. The van der Waals surface area contributed by atoms with Crippen LogP contribution in [0.4, 0.5) is 0 Å². The van der Waals surface area contributed by atoms with E-state index in [0.29, 0.717) is 41.7 Å². The van der Waals surface area contributed by atoms with Crippen molar-refractivity contribution >= 4 is 23.0 Å². The summed E-state index contributed by atoms with van der Waals surface area (Å²) in [6.45, 7) is 8.87. The molecule has 3 fully saturated rings. The Bertz CT molecular complexity index is 1010. The van der Waals surface area contributed by atoms with Gasteiger partial charge in [0.05, 0.1) is 11.9 Å². The molecule has 3 aliphatic rings. The summed E-state index contributed by atoms with van der Waals surface area (Å²) in [4.78, 5) is 39.7. The van der Waals surface area contributed by atoms with Gasteiger partial charge in [-0.2, -0.15) is 0 Å². The van der Waals surface area contributed by atoms with Gasteiger partial charge in [0, 0.05) is 44.3 Å². The molecule has 0 aromatic carbocycles. The van der Waals surface area contributed by atoms with E-state index in [1.165, 1.54) is 0 Å². The average molecular weight is 438 g/mol. The molecule has 0 spiro atoms. The molecule has 5 heterocycles. The number of fused-ring (bicyclic) bond motifs is 5. The number of carbonyl (C=O) groups excluding carboxylic acids is 2. The second kappa shape index (κ2) is 8.49. The molecule has 7 nitrogen and oxygen atoms in total. The summed E-state index contributed by atoms with van der Waals surface area (Å²) in [5.74, 6) is 1.65. The lowest BCUT2D eigenvalue weighted by molar-refractivity contribution is -0.152. The predicted octanol–water partition coefficient (Wildman–Crippen LogP) is 3.73. The fourth-order valence-electron chi connectivity index (χ4n) is 6.38. The van der Waals surface area contributed by atoms with E-state index in [1.54, 1.807) is 6.20 Å². The van der Waals surface area contributed by atoms with Crippen LogP contribution in [0.25, 0.3) is 11.2 Å². The Morgan fingerprint density at radius 3 is 2.81 bits per heavy atom. The topological polar surface area (TPSA) is 71.3 Å². The SMILES string of the molecule is CCC[C@H]1[C@H]2C[C@H](CN(C(=O)c3cnc4c(c3)ncn4CC(C)C)C2)[C@@H]2CCCC(=O)N21. The lowest BCUT2D eigenvalue weighted by atomic mass is 9.71. The van der Waals surface area contributed by atoms with Gasteiger partial charge in [0.25, 0.3) is 5.91 Å². The van der Waals surface area contributed by atoms with E-state index in [9.17, 15) is 9.59 Å². The number of piperidine rings is 3. The number of likely N-dealkylation sites (tertiary alicyclic amines) is 1. The van der Waals surface area contributed by atoms with Crippen molar-refractivity contribution in [2.45, 2.75) is 77.9 Å². The first kappa shape index (κ1) is 21.4. The maximum atomic E-state index is 13.5. The second-order valence-electron chi connectivity index (χ2n) is 10.4. The van der Waals surface area contributed by atoms with E-state index in [-0.39, 0.29) is 11.9 Å². The fraction of sp³-hybridized carbons (Fsp3) is 0.680. The summed E-state index contributed by atoms with van der Waals surface area (Å²) in [5.41, 5.74) is 2.24. The zero-order valence-corrected chi connectivity index (χ0v) is 19.5. The van der Waals surface area contributed by atoms with Crippen molar-refractivity contribution < 1.29 is 9.59 Å². The first-order valence-electron chi connectivity index (χ1n) is 12.4. The molecular formula is C25H35N5O2. The molecule has 2 bridgehead atoms. The third kappa shape index (κ3) is 3.69. The van der Waals surface area contributed by atoms with Crippen LogP contribution in [0, 0.1) is 17.8 Å². The Kier molecular flexibility index (Phi) is 5.68. The highest BCUT2D eigenvalue weighted by Gasteiger charge is 2.49. The lowest BCUT2D eigenvalue weighted by Crippen LogP contribution is -2.65. The molecule has 2 amide bonds. The van der Waals surface area contributed by atoms with Crippen molar-refractivity contribution in [3.63, 3.8) is 0 Å². The standard InChI is InChI=1S/C25H35N5O2/c1-4-6-21-18-9-19(22-7-5-8-23(31)30(21)22)14-28(13-18)25(32)17-10-20-24(26-11-17)29(15-27-20)12-16(2)3/h10-11,15-16,18-19,21-22H,4-9,12-14H2,1-3H3/t18-,19+,21-,22-/m0/s1. The van der Waals surface area contributed by atoms with Gasteiger partial charge in [-0.25, -0.2) is 9.97 Å². The molecule has 0 aliphatic carbocycles.